The fourth-order valence-corrected chi connectivity index (χ4v) is 1.20. The van der Waals surface area contributed by atoms with Gasteiger partial charge in [0, 0.05) is 0 Å². The van der Waals surface area contributed by atoms with Crippen molar-refractivity contribution in [2.24, 2.45) is 0 Å². The Balaban J connectivity index is 2.64. The van der Waals surface area contributed by atoms with Crippen molar-refractivity contribution >= 4 is 11.1 Å². The van der Waals surface area contributed by atoms with Crippen LogP contribution < -0.4 is 4.18 Å². The predicted molar refractivity (Wildman–Crippen MR) is 50.5 cm³/mol. The summed E-state index contributed by atoms with van der Waals surface area (Å²) >= 11 is -1.18. The Kier molecular flexibility index (Phi) is 3.29. The molecule has 0 radical (unpaired) electrons. The van der Waals surface area contributed by atoms with Crippen LogP contribution in [0.4, 0.5) is 0 Å². The van der Waals surface area contributed by atoms with Crippen LogP contribution >= 0.6 is 0 Å². The molecule has 1 aromatic carbocycles. The SMILES string of the molecule is CCS(=O)Oc1ccc(C)cc1. The van der Waals surface area contributed by atoms with Crippen molar-refractivity contribution in [1.82, 2.24) is 0 Å². The summed E-state index contributed by atoms with van der Waals surface area (Å²) in [6.07, 6.45) is 0. The lowest BCUT2D eigenvalue weighted by molar-refractivity contribution is 0.563. The second-order valence-corrected chi connectivity index (χ2v) is 3.84. The average molecular weight is 184 g/mol. The van der Waals surface area contributed by atoms with E-state index in [1.807, 2.05) is 38.1 Å². The van der Waals surface area contributed by atoms with Gasteiger partial charge in [0.15, 0.2) is 0 Å². The van der Waals surface area contributed by atoms with Gasteiger partial charge in [-0.05, 0) is 19.1 Å². The first kappa shape index (κ1) is 9.26. The van der Waals surface area contributed by atoms with Gasteiger partial charge in [-0.2, -0.15) is 0 Å². The first-order chi connectivity index (χ1) is 5.72. The van der Waals surface area contributed by atoms with E-state index in [0.717, 1.165) is 0 Å². The van der Waals surface area contributed by atoms with Crippen LogP contribution in [0.2, 0.25) is 0 Å². The minimum absolute atomic E-state index is 0.522. The molecule has 0 aliphatic heterocycles. The van der Waals surface area contributed by atoms with Crippen LogP contribution in [0.15, 0.2) is 24.3 Å². The third-order valence-corrected chi connectivity index (χ3v) is 2.30. The molecule has 0 saturated heterocycles. The minimum atomic E-state index is -1.18. The molecule has 0 amide bonds. The summed E-state index contributed by atoms with van der Waals surface area (Å²) in [6, 6.07) is 7.51. The Morgan fingerprint density at radius 3 is 2.42 bits per heavy atom. The van der Waals surface area contributed by atoms with Gasteiger partial charge in [-0.15, -0.1) is 0 Å². The zero-order chi connectivity index (χ0) is 8.97. The highest BCUT2D eigenvalue weighted by atomic mass is 32.2. The van der Waals surface area contributed by atoms with Gasteiger partial charge in [-0.3, -0.25) is 0 Å². The summed E-state index contributed by atoms with van der Waals surface area (Å²) in [5.74, 6) is 1.19. The number of rotatable bonds is 3. The summed E-state index contributed by atoms with van der Waals surface area (Å²) < 4.78 is 16.0. The van der Waals surface area contributed by atoms with Crippen molar-refractivity contribution in [2.75, 3.05) is 5.75 Å². The molecule has 0 aliphatic rings. The van der Waals surface area contributed by atoms with Gasteiger partial charge in [0.05, 0.1) is 5.75 Å². The van der Waals surface area contributed by atoms with Crippen LogP contribution in [0.1, 0.15) is 12.5 Å². The van der Waals surface area contributed by atoms with Gasteiger partial charge in [0.1, 0.15) is 5.75 Å². The van der Waals surface area contributed by atoms with Gasteiger partial charge < -0.3 is 4.18 Å². The quantitative estimate of drug-likeness (QED) is 0.718. The number of benzene rings is 1. The average Bonchev–Trinajstić information content (AvgIpc) is 2.09. The molecule has 1 aromatic rings. The highest BCUT2D eigenvalue weighted by molar-refractivity contribution is 7.80. The molecular weight excluding hydrogens is 172 g/mol. The molecule has 0 bridgehead atoms. The molecule has 0 fully saturated rings. The molecular formula is C9H12O2S. The van der Waals surface area contributed by atoms with E-state index in [-0.39, 0.29) is 0 Å². The van der Waals surface area contributed by atoms with Crippen molar-refractivity contribution in [2.45, 2.75) is 13.8 Å². The topological polar surface area (TPSA) is 26.3 Å². The lowest BCUT2D eigenvalue weighted by Gasteiger charge is -2.02. The Hall–Kier alpha value is -0.830. The Morgan fingerprint density at radius 1 is 1.33 bits per heavy atom. The maximum Gasteiger partial charge on any atom is 0.206 e. The van der Waals surface area contributed by atoms with Crippen LogP contribution in [0.3, 0.4) is 0 Å². The van der Waals surface area contributed by atoms with E-state index >= 15 is 0 Å². The highest BCUT2D eigenvalue weighted by Crippen LogP contribution is 2.12. The van der Waals surface area contributed by atoms with Crippen LogP contribution in [0.5, 0.6) is 5.75 Å². The summed E-state index contributed by atoms with van der Waals surface area (Å²) in [6.45, 7) is 3.82. The van der Waals surface area contributed by atoms with Crippen molar-refractivity contribution in [1.29, 1.82) is 0 Å². The molecule has 2 nitrogen and oxygen atoms in total. The van der Waals surface area contributed by atoms with E-state index in [1.54, 1.807) is 0 Å². The van der Waals surface area contributed by atoms with Crippen LogP contribution in [0, 0.1) is 6.92 Å². The van der Waals surface area contributed by atoms with E-state index in [0.29, 0.717) is 11.5 Å². The molecule has 1 rings (SSSR count). The fourth-order valence-electron chi connectivity index (χ4n) is 0.760. The summed E-state index contributed by atoms with van der Waals surface area (Å²) in [7, 11) is 0. The van der Waals surface area contributed by atoms with Crippen molar-refractivity contribution < 1.29 is 8.39 Å². The Morgan fingerprint density at radius 2 is 1.92 bits per heavy atom. The van der Waals surface area contributed by atoms with E-state index in [2.05, 4.69) is 0 Å². The first-order valence-electron chi connectivity index (χ1n) is 3.85. The van der Waals surface area contributed by atoms with Gasteiger partial charge in [0.2, 0.25) is 11.1 Å². The van der Waals surface area contributed by atoms with Crippen LogP contribution in [0.25, 0.3) is 0 Å². The molecule has 0 aliphatic carbocycles. The summed E-state index contributed by atoms with van der Waals surface area (Å²) in [4.78, 5) is 0. The molecule has 0 saturated carbocycles. The maximum atomic E-state index is 11.0. The smallest absolute Gasteiger partial charge is 0.206 e. The minimum Gasteiger partial charge on any atom is -0.401 e. The number of hydrogen-bond donors (Lipinski definition) is 0. The van der Waals surface area contributed by atoms with Gasteiger partial charge in [-0.25, -0.2) is 4.21 Å². The Bertz CT molecular complexity index is 266. The van der Waals surface area contributed by atoms with Gasteiger partial charge >= 0.3 is 0 Å². The lowest BCUT2D eigenvalue weighted by atomic mass is 10.2. The molecule has 1 unspecified atom stereocenters. The third-order valence-electron chi connectivity index (χ3n) is 1.45. The van der Waals surface area contributed by atoms with E-state index in [9.17, 15) is 4.21 Å². The summed E-state index contributed by atoms with van der Waals surface area (Å²) in [5.41, 5.74) is 1.17. The predicted octanol–water partition coefficient (Wildman–Crippen LogP) is 2.06. The zero-order valence-corrected chi connectivity index (χ0v) is 8.06. The molecule has 0 heterocycles. The highest BCUT2D eigenvalue weighted by Gasteiger charge is 1.97. The second kappa shape index (κ2) is 4.26. The summed E-state index contributed by atoms with van der Waals surface area (Å²) in [5, 5.41) is 0. The maximum absolute atomic E-state index is 11.0. The molecule has 66 valence electrons. The fraction of sp³-hybridized carbons (Fsp3) is 0.333. The van der Waals surface area contributed by atoms with Crippen molar-refractivity contribution in [3.8, 4) is 5.75 Å². The van der Waals surface area contributed by atoms with E-state index in [1.165, 1.54) is 5.56 Å². The van der Waals surface area contributed by atoms with E-state index in [4.69, 9.17) is 4.18 Å². The van der Waals surface area contributed by atoms with Crippen molar-refractivity contribution in [3.63, 3.8) is 0 Å². The van der Waals surface area contributed by atoms with Crippen LogP contribution in [-0.2, 0) is 11.1 Å². The molecule has 0 spiro atoms. The first-order valence-corrected chi connectivity index (χ1v) is 5.10. The number of hydrogen-bond acceptors (Lipinski definition) is 2. The molecule has 12 heavy (non-hydrogen) atoms. The second-order valence-electron chi connectivity index (χ2n) is 2.49. The standard InChI is InChI=1S/C9H12O2S/c1-3-12(10)11-9-6-4-8(2)5-7-9/h4-7H,3H2,1-2H3. The Labute approximate surface area is 75.2 Å². The zero-order valence-electron chi connectivity index (χ0n) is 7.24. The lowest BCUT2D eigenvalue weighted by Crippen LogP contribution is -2.01. The van der Waals surface area contributed by atoms with Gasteiger partial charge in [-0.1, -0.05) is 24.6 Å². The van der Waals surface area contributed by atoms with Crippen molar-refractivity contribution in [3.05, 3.63) is 29.8 Å². The number of aryl methyl sites for hydroxylation is 1. The van der Waals surface area contributed by atoms with Gasteiger partial charge in [0.25, 0.3) is 0 Å². The normalized spacial score (nSPS) is 12.5. The van der Waals surface area contributed by atoms with E-state index < -0.39 is 11.1 Å². The molecule has 1 atom stereocenters. The molecule has 0 aromatic heterocycles. The molecule has 3 heteroatoms. The largest absolute Gasteiger partial charge is 0.401 e. The molecule has 0 N–H and O–H groups in total. The third kappa shape index (κ3) is 2.66. The monoisotopic (exact) mass is 184 g/mol. The van der Waals surface area contributed by atoms with Crippen LogP contribution in [-0.4, -0.2) is 9.96 Å².